The molecule has 0 saturated carbocycles. The number of hydrogen-bond acceptors (Lipinski definition) is 4. The number of nitrogens with zero attached hydrogens (tertiary/aromatic N) is 1. The van der Waals surface area contributed by atoms with Gasteiger partial charge in [-0.1, -0.05) is 74.0 Å². The van der Waals surface area contributed by atoms with Gasteiger partial charge in [-0.15, -0.1) is 0 Å². The van der Waals surface area contributed by atoms with E-state index in [2.05, 4.69) is 10.3 Å². The molecule has 0 aliphatic rings. The van der Waals surface area contributed by atoms with Crippen LogP contribution in [0.3, 0.4) is 0 Å². The summed E-state index contributed by atoms with van der Waals surface area (Å²) in [5.74, 6) is -0.397. The van der Waals surface area contributed by atoms with Crippen LogP contribution in [0.4, 0.5) is 9.18 Å². The SMILES string of the molecule is CC(C)CC(C)(COc1c(F)cc(-c2ccnc3ccccc23)cc1Cl)NC(=O)OCc1ccccc1. The Kier molecular flexibility index (Phi) is 8.29. The highest BCUT2D eigenvalue weighted by atomic mass is 35.5. The molecule has 1 unspecified atom stereocenters. The molecule has 0 radical (unpaired) electrons. The van der Waals surface area contributed by atoms with Gasteiger partial charge in [0.1, 0.15) is 13.2 Å². The van der Waals surface area contributed by atoms with Gasteiger partial charge in [-0.3, -0.25) is 4.98 Å². The van der Waals surface area contributed by atoms with Gasteiger partial charge in [0.2, 0.25) is 0 Å². The lowest BCUT2D eigenvalue weighted by Crippen LogP contribution is -2.51. The molecule has 192 valence electrons. The number of hydrogen-bond donors (Lipinski definition) is 1. The van der Waals surface area contributed by atoms with E-state index in [0.717, 1.165) is 22.0 Å². The first-order chi connectivity index (χ1) is 17.7. The van der Waals surface area contributed by atoms with E-state index in [1.807, 2.05) is 81.4 Å². The van der Waals surface area contributed by atoms with Crippen molar-refractivity contribution in [2.45, 2.75) is 39.3 Å². The van der Waals surface area contributed by atoms with Crippen LogP contribution in [0.25, 0.3) is 22.0 Å². The van der Waals surface area contributed by atoms with Crippen molar-refractivity contribution in [3.63, 3.8) is 0 Å². The molecule has 37 heavy (non-hydrogen) atoms. The van der Waals surface area contributed by atoms with Gasteiger partial charge in [0.05, 0.1) is 16.1 Å². The van der Waals surface area contributed by atoms with E-state index in [9.17, 15) is 4.79 Å². The molecule has 0 bridgehead atoms. The highest BCUT2D eigenvalue weighted by Crippen LogP contribution is 2.36. The maximum Gasteiger partial charge on any atom is 0.408 e. The lowest BCUT2D eigenvalue weighted by Gasteiger charge is -2.32. The maximum absolute atomic E-state index is 15.3. The molecule has 0 spiro atoms. The number of nitrogens with one attached hydrogen (secondary N) is 1. The Morgan fingerprint density at radius 1 is 1.08 bits per heavy atom. The number of alkyl carbamates (subject to hydrolysis) is 1. The zero-order valence-corrected chi connectivity index (χ0v) is 21.9. The van der Waals surface area contributed by atoms with E-state index in [-0.39, 0.29) is 29.9 Å². The van der Waals surface area contributed by atoms with Crippen molar-refractivity contribution in [1.29, 1.82) is 0 Å². The van der Waals surface area contributed by atoms with Crippen molar-refractivity contribution >= 4 is 28.6 Å². The highest BCUT2D eigenvalue weighted by molar-refractivity contribution is 6.32. The summed E-state index contributed by atoms with van der Waals surface area (Å²) in [5.41, 5.74) is 2.34. The minimum atomic E-state index is -0.808. The minimum Gasteiger partial charge on any atom is -0.487 e. The van der Waals surface area contributed by atoms with E-state index in [1.54, 1.807) is 12.3 Å². The third kappa shape index (κ3) is 6.77. The molecule has 0 saturated heterocycles. The first-order valence-electron chi connectivity index (χ1n) is 12.2. The van der Waals surface area contributed by atoms with Crippen LogP contribution in [0, 0.1) is 11.7 Å². The fourth-order valence-corrected chi connectivity index (χ4v) is 4.75. The first kappa shape index (κ1) is 26.4. The Morgan fingerprint density at radius 2 is 1.81 bits per heavy atom. The number of halogens is 2. The monoisotopic (exact) mass is 520 g/mol. The van der Waals surface area contributed by atoms with Crippen LogP contribution in [0.5, 0.6) is 5.75 Å². The molecule has 1 heterocycles. The Hall–Kier alpha value is -3.64. The molecule has 1 N–H and O–H groups in total. The van der Waals surface area contributed by atoms with Gasteiger partial charge in [-0.25, -0.2) is 9.18 Å². The van der Waals surface area contributed by atoms with Crippen LogP contribution in [0.15, 0.2) is 79.0 Å². The average Bonchev–Trinajstić information content (AvgIpc) is 2.86. The predicted octanol–water partition coefficient (Wildman–Crippen LogP) is 7.80. The number of carbonyl (C=O) groups excluding carboxylic acids is 1. The lowest BCUT2D eigenvalue weighted by atomic mass is 9.91. The molecule has 4 aromatic rings. The molecule has 1 amide bonds. The number of fused-ring (bicyclic) bond motifs is 1. The first-order valence-corrected chi connectivity index (χ1v) is 12.6. The van der Waals surface area contributed by atoms with Gasteiger partial charge in [0.15, 0.2) is 11.6 Å². The molecule has 1 aromatic heterocycles. The van der Waals surface area contributed by atoms with Crippen molar-refractivity contribution in [2.24, 2.45) is 5.92 Å². The van der Waals surface area contributed by atoms with Crippen LogP contribution >= 0.6 is 11.6 Å². The third-order valence-electron chi connectivity index (χ3n) is 5.97. The van der Waals surface area contributed by atoms with E-state index in [1.165, 1.54) is 6.07 Å². The summed E-state index contributed by atoms with van der Waals surface area (Å²) < 4.78 is 26.5. The number of para-hydroxylation sites is 1. The van der Waals surface area contributed by atoms with E-state index in [0.29, 0.717) is 12.0 Å². The zero-order valence-electron chi connectivity index (χ0n) is 21.1. The molecule has 3 aromatic carbocycles. The standard InChI is InChI=1S/C30H30ClFN2O3/c1-20(2)17-30(3,34-29(35)36-18-21-9-5-4-6-10-21)19-37-28-25(31)15-22(16-26(28)32)23-13-14-33-27-12-8-7-11-24(23)27/h4-16,20H,17-19H2,1-3H3,(H,34,35). The Labute approximate surface area is 221 Å². The molecule has 7 heteroatoms. The Bertz CT molecular complexity index is 1350. The van der Waals surface area contributed by atoms with Gasteiger partial charge >= 0.3 is 6.09 Å². The fraction of sp³-hybridized carbons (Fsp3) is 0.267. The number of pyridine rings is 1. The summed E-state index contributed by atoms with van der Waals surface area (Å²) in [6.45, 7) is 6.09. The normalized spacial score (nSPS) is 12.8. The number of amides is 1. The molecular formula is C30H30ClFN2O3. The zero-order chi connectivity index (χ0) is 26.4. The number of aromatic nitrogens is 1. The summed E-state index contributed by atoms with van der Waals surface area (Å²) >= 11 is 6.50. The number of ether oxygens (including phenoxy) is 2. The van der Waals surface area contributed by atoms with Crippen molar-refractivity contribution in [1.82, 2.24) is 10.3 Å². The van der Waals surface area contributed by atoms with Gasteiger partial charge in [0, 0.05) is 11.6 Å². The summed E-state index contributed by atoms with van der Waals surface area (Å²) in [7, 11) is 0. The Morgan fingerprint density at radius 3 is 2.54 bits per heavy atom. The summed E-state index contributed by atoms with van der Waals surface area (Å²) in [4.78, 5) is 16.9. The Balaban J connectivity index is 1.49. The van der Waals surface area contributed by atoms with Gasteiger partial charge in [-0.05, 0) is 60.2 Å². The van der Waals surface area contributed by atoms with Crippen LogP contribution < -0.4 is 10.1 Å². The molecule has 4 rings (SSSR count). The van der Waals surface area contributed by atoms with Gasteiger partial charge in [-0.2, -0.15) is 0 Å². The number of rotatable bonds is 9. The summed E-state index contributed by atoms with van der Waals surface area (Å²) in [6.07, 6.45) is 1.71. The smallest absolute Gasteiger partial charge is 0.408 e. The van der Waals surface area contributed by atoms with Crippen molar-refractivity contribution in [3.8, 4) is 16.9 Å². The van der Waals surface area contributed by atoms with Crippen LogP contribution in [0.1, 0.15) is 32.8 Å². The summed E-state index contributed by atoms with van der Waals surface area (Å²) in [6, 6.07) is 22.0. The largest absolute Gasteiger partial charge is 0.487 e. The second-order valence-corrected chi connectivity index (χ2v) is 10.2. The fourth-order valence-electron chi connectivity index (χ4n) is 4.49. The molecular weight excluding hydrogens is 491 g/mol. The quantitative estimate of drug-likeness (QED) is 0.244. The molecule has 1 atom stereocenters. The predicted molar refractivity (Wildman–Crippen MR) is 145 cm³/mol. The molecule has 0 aliphatic carbocycles. The van der Waals surface area contributed by atoms with E-state index in [4.69, 9.17) is 21.1 Å². The van der Waals surface area contributed by atoms with E-state index >= 15 is 4.39 Å². The average molecular weight is 521 g/mol. The van der Waals surface area contributed by atoms with Crippen molar-refractivity contribution < 1.29 is 18.7 Å². The minimum absolute atomic E-state index is 0.0137. The second-order valence-electron chi connectivity index (χ2n) is 9.78. The second kappa shape index (κ2) is 11.6. The van der Waals surface area contributed by atoms with Crippen LogP contribution in [0.2, 0.25) is 5.02 Å². The van der Waals surface area contributed by atoms with Crippen molar-refractivity contribution in [2.75, 3.05) is 6.61 Å². The topological polar surface area (TPSA) is 60.5 Å². The van der Waals surface area contributed by atoms with Crippen LogP contribution in [-0.4, -0.2) is 23.2 Å². The van der Waals surface area contributed by atoms with Gasteiger partial charge in [0.25, 0.3) is 0 Å². The highest BCUT2D eigenvalue weighted by Gasteiger charge is 2.30. The van der Waals surface area contributed by atoms with Crippen molar-refractivity contribution in [3.05, 3.63) is 95.4 Å². The number of benzene rings is 3. The van der Waals surface area contributed by atoms with Crippen LogP contribution in [-0.2, 0) is 11.3 Å². The van der Waals surface area contributed by atoms with Gasteiger partial charge < -0.3 is 14.8 Å². The summed E-state index contributed by atoms with van der Waals surface area (Å²) in [5, 5.41) is 3.95. The lowest BCUT2D eigenvalue weighted by molar-refractivity contribution is 0.108. The number of carbonyl (C=O) groups is 1. The maximum atomic E-state index is 15.3. The van der Waals surface area contributed by atoms with E-state index < -0.39 is 17.4 Å². The molecule has 0 aliphatic heterocycles. The molecule has 5 nitrogen and oxygen atoms in total. The molecule has 0 fully saturated rings. The third-order valence-corrected chi connectivity index (χ3v) is 6.25.